The zero-order chi connectivity index (χ0) is 18.2. The van der Waals surface area contributed by atoms with E-state index in [0.29, 0.717) is 0 Å². The third-order valence-electron chi connectivity index (χ3n) is 6.03. The van der Waals surface area contributed by atoms with Crippen LogP contribution in [0.3, 0.4) is 0 Å². The van der Waals surface area contributed by atoms with Crippen molar-refractivity contribution in [1.29, 1.82) is 0 Å². The number of nitrogens with zero attached hydrogens (tertiary/aromatic N) is 2. The number of hydrogen-bond acceptors (Lipinski definition) is 4. The van der Waals surface area contributed by atoms with Crippen molar-refractivity contribution in [3.8, 4) is 5.75 Å². The molecule has 0 radical (unpaired) electrons. The Morgan fingerprint density at radius 2 is 1.85 bits per heavy atom. The number of carbonyl (C=O) groups is 1. The maximum Gasteiger partial charge on any atom is 0.264 e. The number of rotatable bonds is 3. The molecule has 3 heterocycles. The highest BCUT2D eigenvalue weighted by Crippen LogP contribution is 2.31. The van der Waals surface area contributed by atoms with Crippen LogP contribution in [-0.4, -0.2) is 48.5 Å². The van der Waals surface area contributed by atoms with Crippen molar-refractivity contribution in [3.63, 3.8) is 0 Å². The van der Waals surface area contributed by atoms with Crippen molar-refractivity contribution >= 4 is 17.2 Å². The SMILES string of the molecule is O=C(c1cc2c(s1)CCCC2)N1CCN(Cc2ccc3c(c2)CCO3)CC1. The molecular formula is C22H26N2O2S. The molecule has 2 aromatic rings. The number of hydrogen-bond donors (Lipinski definition) is 0. The summed E-state index contributed by atoms with van der Waals surface area (Å²) in [5.41, 5.74) is 4.11. The Balaban J connectivity index is 1.19. The van der Waals surface area contributed by atoms with Gasteiger partial charge < -0.3 is 9.64 Å². The van der Waals surface area contributed by atoms with E-state index in [4.69, 9.17) is 4.74 Å². The second-order valence-corrected chi connectivity index (χ2v) is 9.01. The van der Waals surface area contributed by atoms with Gasteiger partial charge in [-0.2, -0.15) is 0 Å². The summed E-state index contributed by atoms with van der Waals surface area (Å²) in [6.07, 6.45) is 5.88. The molecule has 4 nitrogen and oxygen atoms in total. The summed E-state index contributed by atoms with van der Waals surface area (Å²) in [7, 11) is 0. The molecule has 0 saturated carbocycles. The van der Waals surface area contributed by atoms with Crippen LogP contribution in [0.2, 0.25) is 0 Å². The van der Waals surface area contributed by atoms with Crippen LogP contribution in [-0.2, 0) is 25.8 Å². The van der Waals surface area contributed by atoms with Crippen LogP contribution in [0.25, 0.3) is 0 Å². The molecule has 142 valence electrons. The van der Waals surface area contributed by atoms with Crippen molar-refractivity contribution in [1.82, 2.24) is 9.80 Å². The minimum atomic E-state index is 0.240. The molecule has 2 aliphatic heterocycles. The number of piperazine rings is 1. The normalized spacial score (nSPS) is 19.5. The fourth-order valence-corrected chi connectivity index (χ4v) is 5.68. The third-order valence-corrected chi connectivity index (χ3v) is 7.25. The molecule has 0 atom stereocenters. The van der Waals surface area contributed by atoms with Crippen LogP contribution in [0.1, 0.15) is 44.1 Å². The van der Waals surface area contributed by atoms with Crippen LogP contribution in [0.15, 0.2) is 24.3 Å². The summed E-state index contributed by atoms with van der Waals surface area (Å²) < 4.78 is 5.60. The standard InChI is InChI=1S/C22H26N2O2S/c25-22(21-14-18-3-1-2-4-20(18)27-21)24-10-8-23(9-11-24)15-16-5-6-19-17(13-16)7-12-26-19/h5-6,13-14H,1-4,7-12,15H2. The first kappa shape index (κ1) is 17.3. The molecule has 27 heavy (non-hydrogen) atoms. The van der Waals surface area contributed by atoms with Crippen molar-refractivity contribution in [2.24, 2.45) is 0 Å². The smallest absolute Gasteiger partial charge is 0.264 e. The van der Waals surface area contributed by atoms with Crippen molar-refractivity contribution in [2.45, 2.75) is 38.6 Å². The maximum atomic E-state index is 12.9. The van der Waals surface area contributed by atoms with E-state index in [1.165, 1.54) is 34.4 Å². The molecule has 1 aromatic heterocycles. The Kier molecular flexibility index (Phi) is 4.66. The van der Waals surface area contributed by atoms with Gasteiger partial charge in [0.1, 0.15) is 5.75 Å². The van der Waals surface area contributed by atoms with E-state index < -0.39 is 0 Å². The zero-order valence-electron chi connectivity index (χ0n) is 15.7. The Bertz CT molecular complexity index is 828. The Labute approximate surface area is 164 Å². The van der Waals surface area contributed by atoms with Crippen LogP contribution < -0.4 is 4.74 Å². The number of carbonyl (C=O) groups excluding carboxylic acids is 1. The molecule has 1 amide bonds. The molecular weight excluding hydrogens is 356 g/mol. The lowest BCUT2D eigenvalue weighted by molar-refractivity contribution is 0.0633. The summed E-state index contributed by atoms with van der Waals surface area (Å²) >= 11 is 1.74. The second kappa shape index (κ2) is 7.28. The summed E-state index contributed by atoms with van der Waals surface area (Å²) in [6, 6.07) is 8.74. The number of aryl methyl sites for hydroxylation is 2. The van der Waals surface area contributed by atoms with E-state index in [2.05, 4.69) is 29.2 Å². The highest BCUT2D eigenvalue weighted by molar-refractivity contribution is 7.14. The Hall–Kier alpha value is -1.85. The summed E-state index contributed by atoms with van der Waals surface area (Å²) in [6.45, 7) is 5.33. The molecule has 1 fully saturated rings. The number of ether oxygens (including phenoxy) is 1. The lowest BCUT2D eigenvalue weighted by Gasteiger charge is -2.34. The van der Waals surface area contributed by atoms with Gasteiger partial charge in [-0.05, 0) is 54.5 Å². The van der Waals surface area contributed by atoms with E-state index in [0.717, 1.165) is 69.2 Å². The van der Waals surface area contributed by atoms with Gasteiger partial charge in [-0.1, -0.05) is 12.1 Å². The van der Waals surface area contributed by atoms with Gasteiger partial charge in [-0.3, -0.25) is 9.69 Å². The number of amides is 1. The molecule has 1 aliphatic carbocycles. The van der Waals surface area contributed by atoms with Gasteiger partial charge in [-0.15, -0.1) is 11.3 Å². The topological polar surface area (TPSA) is 32.8 Å². The third kappa shape index (κ3) is 3.50. The Morgan fingerprint density at radius 3 is 2.70 bits per heavy atom. The predicted octanol–water partition coefficient (Wildman–Crippen LogP) is 3.52. The molecule has 5 heteroatoms. The first-order valence-corrected chi connectivity index (χ1v) is 11.0. The Morgan fingerprint density at radius 1 is 1.00 bits per heavy atom. The zero-order valence-corrected chi connectivity index (χ0v) is 16.5. The molecule has 0 N–H and O–H groups in total. The molecule has 0 spiro atoms. The number of thiophene rings is 1. The van der Waals surface area contributed by atoms with Crippen molar-refractivity contribution in [2.75, 3.05) is 32.8 Å². The van der Waals surface area contributed by atoms with Gasteiger partial charge >= 0.3 is 0 Å². The van der Waals surface area contributed by atoms with Crippen LogP contribution in [0.4, 0.5) is 0 Å². The van der Waals surface area contributed by atoms with Gasteiger partial charge in [0.2, 0.25) is 0 Å². The largest absolute Gasteiger partial charge is 0.493 e. The minimum absolute atomic E-state index is 0.240. The van der Waals surface area contributed by atoms with Gasteiger partial charge in [0.05, 0.1) is 11.5 Å². The fraction of sp³-hybridized carbons (Fsp3) is 0.500. The summed E-state index contributed by atoms with van der Waals surface area (Å²) in [5.74, 6) is 1.29. The maximum absolute atomic E-state index is 12.9. The van der Waals surface area contributed by atoms with Gasteiger partial charge in [-0.25, -0.2) is 0 Å². The highest BCUT2D eigenvalue weighted by atomic mass is 32.1. The van der Waals surface area contributed by atoms with Crippen molar-refractivity contribution in [3.05, 3.63) is 50.7 Å². The van der Waals surface area contributed by atoms with E-state index in [1.807, 2.05) is 4.90 Å². The number of benzene rings is 1. The average Bonchev–Trinajstić information content (AvgIpc) is 3.34. The summed E-state index contributed by atoms with van der Waals surface area (Å²) in [4.78, 5) is 19.8. The highest BCUT2D eigenvalue weighted by Gasteiger charge is 2.25. The van der Waals surface area contributed by atoms with E-state index in [1.54, 1.807) is 11.3 Å². The van der Waals surface area contributed by atoms with Crippen LogP contribution in [0.5, 0.6) is 5.75 Å². The monoisotopic (exact) mass is 382 g/mol. The molecule has 0 unspecified atom stereocenters. The molecule has 1 aromatic carbocycles. The molecule has 1 saturated heterocycles. The minimum Gasteiger partial charge on any atom is -0.493 e. The fourth-order valence-electron chi connectivity index (χ4n) is 4.46. The lowest BCUT2D eigenvalue weighted by Crippen LogP contribution is -2.48. The molecule has 5 rings (SSSR count). The quantitative estimate of drug-likeness (QED) is 0.814. The van der Waals surface area contributed by atoms with E-state index in [9.17, 15) is 4.79 Å². The predicted molar refractivity (Wildman–Crippen MR) is 108 cm³/mol. The van der Waals surface area contributed by atoms with Crippen LogP contribution >= 0.6 is 11.3 Å². The van der Waals surface area contributed by atoms with E-state index >= 15 is 0 Å². The molecule has 0 bridgehead atoms. The first-order valence-electron chi connectivity index (χ1n) is 10.1. The van der Waals surface area contributed by atoms with Gasteiger partial charge in [0.25, 0.3) is 5.91 Å². The number of fused-ring (bicyclic) bond motifs is 2. The van der Waals surface area contributed by atoms with Gasteiger partial charge in [0, 0.05) is 44.0 Å². The second-order valence-electron chi connectivity index (χ2n) is 7.88. The first-order chi connectivity index (χ1) is 13.3. The molecule has 3 aliphatic rings. The van der Waals surface area contributed by atoms with Crippen molar-refractivity contribution < 1.29 is 9.53 Å². The van der Waals surface area contributed by atoms with E-state index in [-0.39, 0.29) is 5.91 Å². The van der Waals surface area contributed by atoms with Crippen LogP contribution in [0, 0.1) is 0 Å². The average molecular weight is 383 g/mol. The van der Waals surface area contributed by atoms with Gasteiger partial charge in [0.15, 0.2) is 0 Å². The lowest BCUT2D eigenvalue weighted by atomic mass is 9.99. The summed E-state index contributed by atoms with van der Waals surface area (Å²) in [5, 5.41) is 0.